The lowest BCUT2D eigenvalue weighted by atomic mass is 10.3. The molecule has 0 unspecified atom stereocenters. The van der Waals surface area contributed by atoms with E-state index in [1.807, 2.05) is 24.3 Å². The SMILES string of the molecule is O=C(NCCO)c1ccn(COc2ccc(Br)cc2)n1. The van der Waals surface area contributed by atoms with Gasteiger partial charge in [0, 0.05) is 17.2 Å². The van der Waals surface area contributed by atoms with Gasteiger partial charge in [0.2, 0.25) is 0 Å². The van der Waals surface area contributed by atoms with Crippen molar-refractivity contribution in [2.24, 2.45) is 0 Å². The molecule has 0 saturated carbocycles. The van der Waals surface area contributed by atoms with E-state index in [-0.39, 0.29) is 31.5 Å². The van der Waals surface area contributed by atoms with Gasteiger partial charge in [0.05, 0.1) is 6.61 Å². The number of carbonyl (C=O) groups excluding carboxylic acids is 1. The van der Waals surface area contributed by atoms with E-state index in [0.29, 0.717) is 0 Å². The Morgan fingerprint density at radius 1 is 1.35 bits per heavy atom. The standard InChI is InChI=1S/C13H14BrN3O3/c14-10-1-3-11(4-2-10)20-9-17-7-5-12(16-17)13(19)15-6-8-18/h1-5,7,18H,6,8-9H2,(H,15,19). The van der Waals surface area contributed by atoms with Crippen molar-refractivity contribution in [1.82, 2.24) is 15.1 Å². The number of benzene rings is 1. The van der Waals surface area contributed by atoms with Crippen LogP contribution in [-0.2, 0) is 6.73 Å². The van der Waals surface area contributed by atoms with Crippen LogP contribution in [0.5, 0.6) is 5.75 Å². The highest BCUT2D eigenvalue weighted by atomic mass is 79.9. The predicted octanol–water partition coefficient (Wildman–Crippen LogP) is 1.40. The van der Waals surface area contributed by atoms with E-state index in [4.69, 9.17) is 9.84 Å². The highest BCUT2D eigenvalue weighted by Crippen LogP contribution is 2.16. The number of carbonyl (C=O) groups is 1. The normalized spacial score (nSPS) is 10.3. The first kappa shape index (κ1) is 14.5. The molecule has 1 aromatic carbocycles. The van der Waals surface area contributed by atoms with Gasteiger partial charge in [-0.3, -0.25) is 4.79 Å². The lowest BCUT2D eigenvalue weighted by Crippen LogP contribution is -2.26. The first-order chi connectivity index (χ1) is 9.69. The molecular weight excluding hydrogens is 326 g/mol. The van der Waals surface area contributed by atoms with Gasteiger partial charge < -0.3 is 15.2 Å². The van der Waals surface area contributed by atoms with Crippen LogP contribution in [0.2, 0.25) is 0 Å². The highest BCUT2D eigenvalue weighted by Gasteiger charge is 2.08. The third-order valence-electron chi connectivity index (χ3n) is 2.45. The molecule has 0 atom stereocenters. The summed E-state index contributed by atoms with van der Waals surface area (Å²) in [5.74, 6) is 0.399. The predicted molar refractivity (Wildman–Crippen MR) is 76.4 cm³/mol. The van der Waals surface area contributed by atoms with E-state index in [2.05, 4.69) is 26.3 Å². The van der Waals surface area contributed by atoms with Crippen LogP contribution in [-0.4, -0.2) is 33.9 Å². The Morgan fingerprint density at radius 3 is 2.80 bits per heavy atom. The van der Waals surface area contributed by atoms with Gasteiger partial charge in [-0.05, 0) is 30.3 Å². The van der Waals surface area contributed by atoms with Gasteiger partial charge in [-0.25, -0.2) is 4.68 Å². The van der Waals surface area contributed by atoms with Gasteiger partial charge in [0.1, 0.15) is 11.4 Å². The molecule has 1 heterocycles. The molecule has 0 spiro atoms. The first-order valence-electron chi connectivity index (χ1n) is 6.00. The number of aliphatic hydroxyl groups excluding tert-OH is 1. The molecule has 7 heteroatoms. The fraction of sp³-hybridized carbons (Fsp3) is 0.231. The second-order valence-corrected chi connectivity index (χ2v) is 4.86. The van der Waals surface area contributed by atoms with Gasteiger partial charge in [0.25, 0.3) is 5.91 Å². The Hall–Kier alpha value is -1.86. The fourth-order valence-electron chi connectivity index (χ4n) is 1.49. The van der Waals surface area contributed by atoms with E-state index in [1.54, 1.807) is 12.3 Å². The number of rotatable bonds is 6. The first-order valence-corrected chi connectivity index (χ1v) is 6.79. The van der Waals surface area contributed by atoms with E-state index in [1.165, 1.54) is 4.68 Å². The number of nitrogens with one attached hydrogen (secondary N) is 1. The second-order valence-electron chi connectivity index (χ2n) is 3.95. The zero-order chi connectivity index (χ0) is 14.4. The van der Waals surface area contributed by atoms with Crippen molar-refractivity contribution >= 4 is 21.8 Å². The van der Waals surface area contributed by atoms with Crippen LogP contribution in [0.3, 0.4) is 0 Å². The van der Waals surface area contributed by atoms with E-state index < -0.39 is 0 Å². The largest absolute Gasteiger partial charge is 0.471 e. The van der Waals surface area contributed by atoms with Gasteiger partial charge in [-0.15, -0.1) is 0 Å². The molecule has 6 nitrogen and oxygen atoms in total. The topological polar surface area (TPSA) is 76.4 Å². The van der Waals surface area contributed by atoms with Crippen molar-refractivity contribution in [1.29, 1.82) is 0 Å². The number of nitrogens with zero attached hydrogens (tertiary/aromatic N) is 2. The van der Waals surface area contributed by atoms with Crippen molar-refractivity contribution < 1.29 is 14.6 Å². The minimum absolute atomic E-state index is 0.0981. The summed E-state index contributed by atoms with van der Waals surface area (Å²) in [6.07, 6.45) is 1.66. The summed E-state index contributed by atoms with van der Waals surface area (Å²) in [4.78, 5) is 11.6. The third kappa shape index (κ3) is 4.07. The van der Waals surface area contributed by atoms with Crippen LogP contribution in [0.15, 0.2) is 41.0 Å². The second kappa shape index (κ2) is 7.06. The number of ether oxygens (including phenoxy) is 1. The summed E-state index contributed by atoms with van der Waals surface area (Å²) in [5, 5.41) is 15.2. The summed E-state index contributed by atoms with van der Waals surface area (Å²) in [6, 6.07) is 9.03. The van der Waals surface area contributed by atoms with Gasteiger partial charge in [-0.2, -0.15) is 5.10 Å². The molecule has 1 amide bonds. The number of halogens is 1. The average molecular weight is 340 g/mol. The molecule has 106 valence electrons. The van der Waals surface area contributed by atoms with Crippen LogP contribution >= 0.6 is 15.9 Å². The Bertz CT molecular complexity index is 568. The lowest BCUT2D eigenvalue weighted by Gasteiger charge is -2.06. The van der Waals surface area contributed by atoms with Gasteiger partial charge in [-0.1, -0.05) is 15.9 Å². The molecule has 0 radical (unpaired) electrons. The molecule has 0 aliphatic heterocycles. The number of amides is 1. The quantitative estimate of drug-likeness (QED) is 0.834. The van der Waals surface area contributed by atoms with E-state index in [0.717, 1.165) is 10.2 Å². The lowest BCUT2D eigenvalue weighted by molar-refractivity contribution is 0.0937. The number of aromatic nitrogens is 2. The van der Waals surface area contributed by atoms with Crippen molar-refractivity contribution in [3.63, 3.8) is 0 Å². The third-order valence-corrected chi connectivity index (χ3v) is 2.98. The van der Waals surface area contributed by atoms with Crippen LogP contribution in [0, 0.1) is 0 Å². The molecule has 2 rings (SSSR count). The van der Waals surface area contributed by atoms with Crippen molar-refractivity contribution in [2.45, 2.75) is 6.73 Å². The molecule has 1 aromatic heterocycles. The number of hydrogen-bond donors (Lipinski definition) is 2. The maximum absolute atomic E-state index is 11.6. The van der Waals surface area contributed by atoms with Crippen molar-refractivity contribution in [2.75, 3.05) is 13.2 Å². The monoisotopic (exact) mass is 339 g/mol. The average Bonchev–Trinajstić information content (AvgIpc) is 2.93. The molecule has 2 aromatic rings. The Balaban J connectivity index is 1.89. The van der Waals surface area contributed by atoms with Crippen molar-refractivity contribution in [3.8, 4) is 5.75 Å². The zero-order valence-electron chi connectivity index (χ0n) is 10.6. The molecule has 0 aliphatic carbocycles. The molecular formula is C13H14BrN3O3. The highest BCUT2D eigenvalue weighted by molar-refractivity contribution is 9.10. The van der Waals surface area contributed by atoms with Crippen LogP contribution in [0.1, 0.15) is 10.5 Å². The maximum Gasteiger partial charge on any atom is 0.271 e. The Labute approximate surface area is 124 Å². The smallest absolute Gasteiger partial charge is 0.271 e. The molecule has 0 aliphatic rings. The Morgan fingerprint density at radius 2 is 2.10 bits per heavy atom. The molecule has 0 bridgehead atoms. The molecule has 0 fully saturated rings. The van der Waals surface area contributed by atoms with Crippen LogP contribution in [0.4, 0.5) is 0 Å². The van der Waals surface area contributed by atoms with Crippen LogP contribution in [0.25, 0.3) is 0 Å². The van der Waals surface area contributed by atoms with Crippen LogP contribution < -0.4 is 10.1 Å². The van der Waals surface area contributed by atoms with Gasteiger partial charge >= 0.3 is 0 Å². The summed E-state index contributed by atoms with van der Waals surface area (Å²) in [6.45, 7) is 0.328. The van der Waals surface area contributed by atoms with Gasteiger partial charge in [0.15, 0.2) is 6.73 Å². The fourth-order valence-corrected chi connectivity index (χ4v) is 1.75. The Kier molecular flexibility index (Phi) is 5.14. The van der Waals surface area contributed by atoms with E-state index in [9.17, 15) is 4.79 Å². The van der Waals surface area contributed by atoms with E-state index >= 15 is 0 Å². The summed E-state index contributed by atoms with van der Waals surface area (Å²) in [5.41, 5.74) is 0.290. The number of hydrogen-bond acceptors (Lipinski definition) is 4. The minimum atomic E-state index is -0.318. The summed E-state index contributed by atoms with van der Waals surface area (Å²) >= 11 is 3.35. The summed E-state index contributed by atoms with van der Waals surface area (Å²) < 4.78 is 8.03. The number of aliphatic hydroxyl groups is 1. The molecule has 2 N–H and O–H groups in total. The zero-order valence-corrected chi connectivity index (χ0v) is 12.2. The maximum atomic E-state index is 11.6. The summed E-state index contributed by atoms with van der Waals surface area (Å²) in [7, 11) is 0. The molecule has 0 saturated heterocycles. The van der Waals surface area contributed by atoms with Crippen molar-refractivity contribution in [3.05, 3.63) is 46.7 Å². The minimum Gasteiger partial charge on any atom is -0.471 e. The molecule has 20 heavy (non-hydrogen) atoms.